The second kappa shape index (κ2) is 5.96. The average molecular weight is 206 g/mol. The Morgan fingerprint density at radius 1 is 1.40 bits per heavy atom. The lowest BCUT2D eigenvalue weighted by atomic mass is 10.1. The minimum atomic E-state index is -0.248. The van der Waals surface area contributed by atoms with Gasteiger partial charge in [-0.15, -0.1) is 0 Å². The number of esters is 1. The Hall–Kier alpha value is -1.64. The fraction of sp³-hybridized carbons (Fsp3) is 0.333. The molecular weight excluding hydrogens is 192 g/mol. The summed E-state index contributed by atoms with van der Waals surface area (Å²) in [5.74, 6) is -0.248. The lowest BCUT2D eigenvalue weighted by molar-refractivity contribution is -0.139. The molecular formula is C12H14O3. The van der Waals surface area contributed by atoms with Gasteiger partial charge in [-0.2, -0.15) is 0 Å². The second-order valence-corrected chi connectivity index (χ2v) is 3.28. The van der Waals surface area contributed by atoms with Gasteiger partial charge in [0.2, 0.25) is 0 Å². The first-order valence-electron chi connectivity index (χ1n) is 4.84. The first-order chi connectivity index (χ1) is 7.26. The van der Waals surface area contributed by atoms with Crippen molar-refractivity contribution in [1.29, 1.82) is 0 Å². The van der Waals surface area contributed by atoms with E-state index in [0.29, 0.717) is 6.42 Å². The average Bonchev–Trinajstić information content (AvgIpc) is 2.26. The van der Waals surface area contributed by atoms with E-state index in [1.807, 2.05) is 24.3 Å². The van der Waals surface area contributed by atoms with Crippen molar-refractivity contribution in [2.75, 3.05) is 7.11 Å². The molecule has 0 unspecified atom stereocenters. The third kappa shape index (κ3) is 3.94. The molecule has 1 rings (SSSR count). The smallest absolute Gasteiger partial charge is 0.309 e. The highest BCUT2D eigenvalue weighted by atomic mass is 16.5. The zero-order valence-electron chi connectivity index (χ0n) is 8.73. The number of carbonyl (C=O) groups excluding carboxylic acids is 2. The van der Waals surface area contributed by atoms with Gasteiger partial charge in [0.25, 0.3) is 0 Å². The van der Waals surface area contributed by atoms with Crippen molar-refractivity contribution in [3.8, 4) is 0 Å². The molecule has 0 aliphatic heterocycles. The highest BCUT2D eigenvalue weighted by Crippen LogP contribution is 2.08. The Labute approximate surface area is 89.1 Å². The Bertz CT molecular complexity index is 344. The molecule has 15 heavy (non-hydrogen) atoms. The number of benzene rings is 1. The van der Waals surface area contributed by atoms with Crippen LogP contribution in [0.1, 0.15) is 17.5 Å². The van der Waals surface area contributed by atoms with Crippen LogP contribution in [0.3, 0.4) is 0 Å². The lowest BCUT2D eigenvalue weighted by Crippen LogP contribution is -2.04. The Kier molecular flexibility index (Phi) is 4.54. The minimum absolute atomic E-state index is 0.248. The molecule has 0 spiro atoms. The Morgan fingerprint density at radius 2 is 2.13 bits per heavy atom. The molecule has 0 aliphatic carbocycles. The number of ether oxygens (including phenoxy) is 1. The van der Waals surface area contributed by atoms with Crippen LogP contribution in [-0.4, -0.2) is 19.4 Å². The molecule has 0 radical (unpaired) electrons. The van der Waals surface area contributed by atoms with Crippen molar-refractivity contribution in [2.45, 2.75) is 19.3 Å². The van der Waals surface area contributed by atoms with E-state index in [4.69, 9.17) is 0 Å². The monoisotopic (exact) mass is 206 g/mol. The van der Waals surface area contributed by atoms with Gasteiger partial charge in [-0.3, -0.25) is 4.79 Å². The van der Waals surface area contributed by atoms with Gasteiger partial charge in [-0.05, 0) is 17.5 Å². The first kappa shape index (κ1) is 11.4. The minimum Gasteiger partial charge on any atom is -0.469 e. The zero-order chi connectivity index (χ0) is 11.1. The molecule has 0 amide bonds. The van der Waals surface area contributed by atoms with Gasteiger partial charge in [0, 0.05) is 6.42 Å². The third-order valence-electron chi connectivity index (χ3n) is 2.12. The summed E-state index contributed by atoms with van der Waals surface area (Å²) in [6.45, 7) is 0. The summed E-state index contributed by atoms with van der Waals surface area (Å²) in [6, 6.07) is 7.64. The molecule has 0 saturated carbocycles. The maximum atomic E-state index is 11.0. The molecule has 3 nitrogen and oxygen atoms in total. The van der Waals surface area contributed by atoms with E-state index < -0.39 is 0 Å². The summed E-state index contributed by atoms with van der Waals surface area (Å²) in [4.78, 5) is 21.2. The number of methoxy groups -OCH3 is 1. The predicted molar refractivity (Wildman–Crippen MR) is 56.5 cm³/mol. The SMILES string of the molecule is COC(=O)Cc1cccc(CCC=O)c1. The molecule has 1 aromatic rings. The molecule has 0 atom stereocenters. The summed E-state index contributed by atoms with van der Waals surface area (Å²) in [5, 5.41) is 0. The van der Waals surface area contributed by atoms with Gasteiger partial charge in [0.05, 0.1) is 13.5 Å². The normalized spacial score (nSPS) is 9.67. The standard InChI is InChI=1S/C12H14O3/c1-15-12(14)9-11-5-2-4-10(8-11)6-3-7-13/h2,4-5,7-8H,3,6,9H2,1H3. The molecule has 0 N–H and O–H groups in total. The predicted octanol–water partition coefficient (Wildman–Crippen LogP) is 1.53. The van der Waals surface area contributed by atoms with Crippen molar-refractivity contribution in [1.82, 2.24) is 0 Å². The summed E-state index contributed by atoms with van der Waals surface area (Å²) < 4.78 is 4.58. The molecule has 0 aromatic heterocycles. The van der Waals surface area contributed by atoms with Crippen LogP contribution < -0.4 is 0 Å². The zero-order valence-corrected chi connectivity index (χ0v) is 8.73. The van der Waals surface area contributed by atoms with Crippen molar-refractivity contribution >= 4 is 12.3 Å². The topological polar surface area (TPSA) is 43.4 Å². The van der Waals surface area contributed by atoms with E-state index in [1.54, 1.807) is 0 Å². The van der Waals surface area contributed by atoms with Gasteiger partial charge >= 0.3 is 5.97 Å². The van der Waals surface area contributed by atoms with E-state index in [1.165, 1.54) is 7.11 Å². The summed E-state index contributed by atoms with van der Waals surface area (Å²) in [6.07, 6.45) is 2.42. The van der Waals surface area contributed by atoms with Crippen LogP contribution in [0.15, 0.2) is 24.3 Å². The van der Waals surface area contributed by atoms with Gasteiger partial charge in [-0.25, -0.2) is 0 Å². The number of hydrogen-bond acceptors (Lipinski definition) is 3. The molecule has 0 bridgehead atoms. The molecule has 0 aliphatic rings. The molecule has 0 saturated heterocycles. The Morgan fingerprint density at radius 3 is 2.80 bits per heavy atom. The number of carbonyl (C=O) groups is 2. The quantitative estimate of drug-likeness (QED) is 0.542. The van der Waals surface area contributed by atoms with Crippen LogP contribution >= 0.6 is 0 Å². The van der Waals surface area contributed by atoms with E-state index in [9.17, 15) is 9.59 Å². The summed E-state index contributed by atoms with van der Waals surface area (Å²) in [7, 11) is 1.37. The lowest BCUT2D eigenvalue weighted by Gasteiger charge is -2.02. The van der Waals surface area contributed by atoms with Crippen LogP contribution in [-0.2, 0) is 27.2 Å². The van der Waals surface area contributed by atoms with Crippen molar-refractivity contribution in [3.05, 3.63) is 35.4 Å². The van der Waals surface area contributed by atoms with E-state index in [2.05, 4.69) is 4.74 Å². The third-order valence-corrected chi connectivity index (χ3v) is 2.12. The van der Waals surface area contributed by atoms with Crippen LogP contribution in [0, 0.1) is 0 Å². The maximum Gasteiger partial charge on any atom is 0.309 e. The van der Waals surface area contributed by atoms with E-state index in [0.717, 1.165) is 23.8 Å². The molecule has 0 heterocycles. The number of aldehydes is 1. The fourth-order valence-electron chi connectivity index (χ4n) is 1.36. The van der Waals surface area contributed by atoms with Gasteiger partial charge in [0.1, 0.15) is 6.29 Å². The molecule has 1 aromatic carbocycles. The second-order valence-electron chi connectivity index (χ2n) is 3.28. The Balaban J connectivity index is 2.65. The van der Waals surface area contributed by atoms with Gasteiger partial charge in [-0.1, -0.05) is 24.3 Å². The van der Waals surface area contributed by atoms with Gasteiger partial charge in [0.15, 0.2) is 0 Å². The number of hydrogen-bond donors (Lipinski definition) is 0. The van der Waals surface area contributed by atoms with Crippen molar-refractivity contribution in [3.63, 3.8) is 0 Å². The van der Waals surface area contributed by atoms with E-state index in [-0.39, 0.29) is 12.4 Å². The van der Waals surface area contributed by atoms with Crippen molar-refractivity contribution in [2.24, 2.45) is 0 Å². The first-order valence-corrected chi connectivity index (χ1v) is 4.84. The number of rotatable bonds is 5. The molecule has 80 valence electrons. The number of aryl methyl sites for hydroxylation is 1. The van der Waals surface area contributed by atoms with Crippen LogP contribution in [0.5, 0.6) is 0 Å². The maximum absolute atomic E-state index is 11.0. The van der Waals surface area contributed by atoms with Crippen LogP contribution in [0.25, 0.3) is 0 Å². The fourth-order valence-corrected chi connectivity index (χ4v) is 1.36. The highest BCUT2D eigenvalue weighted by Gasteiger charge is 2.03. The van der Waals surface area contributed by atoms with Crippen molar-refractivity contribution < 1.29 is 14.3 Å². The van der Waals surface area contributed by atoms with Gasteiger partial charge < -0.3 is 9.53 Å². The summed E-state index contributed by atoms with van der Waals surface area (Å²) in [5.41, 5.74) is 1.99. The van der Waals surface area contributed by atoms with E-state index >= 15 is 0 Å². The largest absolute Gasteiger partial charge is 0.469 e. The molecule has 0 fully saturated rings. The van der Waals surface area contributed by atoms with Crippen LogP contribution in [0.2, 0.25) is 0 Å². The summed E-state index contributed by atoms with van der Waals surface area (Å²) >= 11 is 0. The highest BCUT2D eigenvalue weighted by molar-refractivity contribution is 5.72. The van der Waals surface area contributed by atoms with Crippen LogP contribution in [0.4, 0.5) is 0 Å². The molecule has 3 heteroatoms.